The summed E-state index contributed by atoms with van der Waals surface area (Å²) in [4.78, 5) is 14.0. The van der Waals surface area contributed by atoms with E-state index in [1.54, 1.807) is 48.5 Å². The maximum absolute atomic E-state index is 14.4. The zero-order chi connectivity index (χ0) is 33.3. The Hall–Kier alpha value is -5.16. The maximum atomic E-state index is 14.4. The molecule has 0 saturated heterocycles. The van der Waals surface area contributed by atoms with Crippen LogP contribution in [0.15, 0.2) is 127 Å². The summed E-state index contributed by atoms with van der Waals surface area (Å²) in [6, 6.07) is 15.4. The van der Waals surface area contributed by atoms with E-state index in [1.165, 1.54) is 22.8 Å². The molecule has 0 atom stereocenters. The minimum absolute atomic E-state index is 0.0404. The summed E-state index contributed by atoms with van der Waals surface area (Å²) in [6.45, 7) is 0. The van der Waals surface area contributed by atoms with Crippen molar-refractivity contribution in [3.63, 3.8) is 0 Å². The minimum Gasteiger partial charge on any atom is -0.278 e. The largest absolute Gasteiger partial charge is 0.278 e. The second-order valence-electron chi connectivity index (χ2n) is 8.45. The molecule has 7 rings (SSSR count). The first-order valence-electron chi connectivity index (χ1n) is 16.2. The quantitative estimate of drug-likeness (QED) is 0.245. The molecule has 0 aliphatic heterocycles. The third kappa shape index (κ3) is 3.82. The van der Waals surface area contributed by atoms with Gasteiger partial charge in [0.05, 0.1) is 23.4 Å². The lowest BCUT2D eigenvalue weighted by Gasteiger charge is -2.11. The Bertz CT molecular complexity index is 2400. The van der Waals surface area contributed by atoms with Crippen LogP contribution in [0.5, 0.6) is 0 Å². The molecule has 5 aromatic carbocycles. The number of aromatic nitrogens is 4. The van der Waals surface area contributed by atoms with E-state index in [0.717, 1.165) is 0 Å². The van der Waals surface area contributed by atoms with Crippen LogP contribution in [-0.4, -0.2) is 19.5 Å². The van der Waals surface area contributed by atoms with Crippen LogP contribution in [0.3, 0.4) is 0 Å². The molecule has 0 bridgehead atoms. The Kier molecular flexibility index (Phi) is 3.47. The van der Waals surface area contributed by atoms with E-state index in [9.17, 15) is 4.39 Å². The van der Waals surface area contributed by atoms with Crippen LogP contribution < -0.4 is 0 Å². The highest BCUT2D eigenvalue weighted by Gasteiger charge is 2.18. The normalized spacial score (nSPS) is 14.6. The van der Waals surface area contributed by atoms with Crippen molar-refractivity contribution in [3.8, 4) is 39.9 Å². The number of hydrogen-bond acceptors (Lipinski definition) is 3. The van der Waals surface area contributed by atoms with Crippen molar-refractivity contribution in [1.29, 1.82) is 0 Å². The zero-order valence-electron chi connectivity index (χ0n) is 28.6. The highest BCUT2D eigenvalue weighted by molar-refractivity contribution is 6.10. The van der Waals surface area contributed by atoms with Gasteiger partial charge in [-0.3, -0.25) is 4.57 Å². The summed E-state index contributed by atoms with van der Waals surface area (Å²) in [6.07, 6.45) is 0. The molecule has 38 heavy (non-hydrogen) atoms. The molecule has 0 radical (unpaired) electrons. The van der Waals surface area contributed by atoms with E-state index >= 15 is 0 Å². The number of benzene rings is 5. The summed E-state index contributed by atoms with van der Waals surface area (Å²) in [7, 11) is 0. The monoisotopic (exact) mass is 501 g/mol. The Morgan fingerprint density at radius 3 is 2.11 bits per heavy atom. The number of halogens is 1. The van der Waals surface area contributed by atoms with Gasteiger partial charge in [0, 0.05) is 21.9 Å². The Balaban J connectivity index is 1.64. The molecule has 7 aromatic rings. The third-order valence-corrected chi connectivity index (χ3v) is 6.13. The minimum atomic E-state index is -0.536. The van der Waals surface area contributed by atoms with Gasteiger partial charge in [0.1, 0.15) is 5.82 Å². The van der Waals surface area contributed by atoms with E-state index < -0.39 is 48.1 Å². The van der Waals surface area contributed by atoms with Gasteiger partial charge < -0.3 is 0 Å². The van der Waals surface area contributed by atoms with Gasteiger partial charge in [-0.1, -0.05) is 103 Å². The van der Waals surface area contributed by atoms with Crippen LogP contribution in [0.2, 0.25) is 0 Å². The Labute approximate surface area is 231 Å². The number of nitrogens with zero attached hydrogens (tertiary/aromatic N) is 4. The average molecular weight is 502 g/mol. The molecule has 0 saturated carbocycles. The topological polar surface area (TPSA) is 43.6 Å². The van der Waals surface area contributed by atoms with E-state index in [-0.39, 0.29) is 57.2 Å². The number of rotatable bonds is 4. The summed E-state index contributed by atoms with van der Waals surface area (Å²) in [5.41, 5.74) is 1.47. The van der Waals surface area contributed by atoms with Crippen molar-refractivity contribution in [2.75, 3.05) is 0 Å². The first-order valence-corrected chi connectivity index (χ1v) is 11.7. The van der Waals surface area contributed by atoms with E-state index in [4.69, 9.17) is 17.3 Å². The fourth-order valence-electron chi connectivity index (χ4n) is 4.41. The summed E-state index contributed by atoms with van der Waals surface area (Å²) >= 11 is 0. The summed E-state index contributed by atoms with van der Waals surface area (Å²) in [5, 5.41) is 0.560. The van der Waals surface area contributed by atoms with Gasteiger partial charge in [0.2, 0.25) is 5.95 Å². The molecule has 0 fully saturated rings. The van der Waals surface area contributed by atoms with Crippen molar-refractivity contribution < 1.29 is 16.7 Å². The van der Waals surface area contributed by atoms with Gasteiger partial charge >= 0.3 is 0 Å². The Morgan fingerprint density at radius 2 is 1.29 bits per heavy atom. The molecule has 0 N–H and O–H groups in total. The van der Waals surface area contributed by atoms with Gasteiger partial charge in [-0.25, -0.2) is 9.37 Å². The Morgan fingerprint density at radius 1 is 0.553 bits per heavy atom. The molecule has 0 amide bonds. The molecular formula is C33H21FN4. The lowest BCUT2D eigenvalue weighted by molar-refractivity contribution is 0.628. The van der Waals surface area contributed by atoms with Crippen molar-refractivity contribution in [2.24, 2.45) is 0 Å². The number of fused-ring (bicyclic) bond motifs is 3. The van der Waals surface area contributed by atoms with Crippen molar-refractivity contribution in [2.45, 2.75) is 0 Å². The van der Waals surface area contributed by atoms with Crippen LogP contribution in [0.4, 0.5) is 4.39 Å². The molecule has 2 heterocycles. The van der Waals surface area contributed by atoms with Crippen molar-refractivity contribution >= 4 is 21.8 Å². The lowest BCUT2D eigenvalue weighted by atomic mass is 10.0. The summed E-state index contributed by atoms with van der Waals surface area (Å²) < 4.78 is 91.8. The van der Waals surface area contributed by atoms with Crippen LogP contribution >= 0.6 is 0 Å². The predicted molar refractivity (Wildman–Crippen MR) is 150 cm³/mol. The van der Waals surface area contributed by atoms with Gasteiger partial charge in [-0.2, -0.15) is 9.97 Å². The maximum Gasteiger partial charge on any atom is 0.238 e. The lowest BCUT2D eigenvalue weighted by Crippen LogP contribution is -2.06. The molecule has 0 unspecified atom stereocenters. The third-order valence-electron chi connectivity index (χ3n) is 6.13. The van der Waals surface area contributed by atoms with E-state index in [2.05, 4.69) is 9.97 Å². The van der Waals surface area contributed by atoms with Gasteiger partial charge in [-0.05, 0) is 35.4 Å². The highest BCUT2D eigenvalue weighted by atomic mass is 19.1. The van der Waals surface area contributed by atoms with Crippen LogP contribution in [-0.2, 0) is 0 Å². The fourth-order valence-corrected chi connectivity index (χ4v) is 4.41. The van der Waals surface area contributed by atoms with Gasteiger partial charge in [0.15, 0.2) is 11.6 Å². The van der Waals surface area contributed by atoms with Crippen molar-refractivity contribution in [1.82, 2.24) is 19.5 Å². The van der Waals surface area contributed by atoms with Gasteiger partial charge in [0.25, 0.3) is 0 Å². The molecule has 2 aromatic heterocycles. The van der Waals surface area contributed by atoms with Crippen LogP contribution in [0.25, 0.3) is 61.7 Å². The molecule has 180 valence electrons. The molecule has 0 aliphatic rings. The molecular weight excluding hydrogens is 471 g/mol. The smallest absolute Gasteiger partial charge is 0.238 e. The standard InChI is InChI=1S/C33H21FN4/c34-26-15-9-14-25(20-26)32-35-31(23-12-5-2-6-13-23)36-33(37-32)38-29-17-8-7-16-27(29)28-19-18-24(21-30(28)38)22-10-3-1-4-11-22/h1-21H/i1D,3D,4D,7D,8D,10D,11D,16D,17D. The van der Waals surface area contributed by atoms with Crippen LogP contribution in [0.1, 0.15) is 12.3 Å². The molecule has 0 aliphatic carbocycles. The fraction of sp³-hybridized carbons (Fsp3) is 0. The molecule has 0 spiro atoms. The first kappa shape index (κ1) is 14.5. The predicted octanol–water partition coefficient (Wildman–Crippen LogP) is 8.11. The second kappa shape index (κ2) is 9.05. The average Bonchev–Trinajstić information content (AvgIpc) is 3.43. The van der Waals surface area contributed by atoms with E-state index in [1.807, 2.05) is 6.07 Å². The summed E-state index contributed by atoms with van der Waals surface area (Å²) in [5.74, 6) is -0.236. The number of para-hydroxylation sites is 1. The van der Waals surface area contributed by atoms with Crippen LogP contribution in [0, 0.1) is 5.82 Å². The second-order valence-corrected chi connectivity index (χ2v) is 8.45. The number of hydrogen-bond donors (Lipinski definition) is 0. The SMILES string of the molecule is [2H]c1c([2H])c([2H])c(-c2ccc3c4c([2H])c([2H])c([2H])c([2H])c4n(-c4nc(-c5ccccc5)nc(-c5cccc(F)c5)n4)c3c2)c([2H])c1[2H]. The zero-order valence-corrected chi connectivity index (χ0v) is 19.6. The van der Waals surface area contributed by atoms with Crippen molar-refractivity contribution in [3.05, 3.63) is 133 Å². The first-order chi connectivity index (χ1) is 22.5. The molecule has 4 nitrogen and oxygen atoms in total. The highest BCUT2D eigenvalue weighted by Crippen LogP contribution is 2.34. The van der Waals surface area contributed by atoms with E-state index in [0.29, 0.717) is 16.5 Å². The molecule has 5 heteroatoms. The van der Waals surface area contributed by atoms with Gasteiger partial charge in [-0.15, -0.1) is 0 Å².